The molecule has 19 heavy (non-hydrogen) atoms. The predicted molar refractivity (Wildman–Crippen MR) is 69.5 cm³/mol. The highest BCUT2D eigenvalue weighted by Gasteiger charge is 2.19. The van der Waals surface area contributed by atoms with E-state index in [1.807, 2.05) is 30.3 Å². The minimum absolute atomic E-state index is 0.0147. The summed E-state index contributed by atoms with van der Waals surface area (Å²) in [4.78, 5) is 11.1. The molecule has 0 aliphatic rings. The van der Waals surface area contributed by atoms with Crippen molar-refractivity contribution in [3.05, 3.63) is 42.1 Å². The van der Waals surface area contributed by atoms with Crippen LogP contribution in [0.15, 0.2) is 36.5 Å². The Morgan fingerprint density at radius 1 is 1.42 bits per heavy atom. The average Bonchev–Trinajstić information content (AvgIpc) is 2.84. The van der Waals surface area contributed by atoms with E-state index >= 15 is 0 Å². The van der Waals surface area contributed by atoms with E-state index in [0.717, 1.165) is 5.69 Å². The number of aromatic carboxylic acids is 1. The minimum atomic E-state index is -1.09. The van der Waals surface area contributed by atoms with Crippen molar-refractivity contribution in [1.29, 1.82) is 0 Å². The third kappa shape index (κ3) is 2.75. The second kappa shape index (κ2) is 5.74. The number of benzene rings is 1. The summed E-state index contributed by atoms with van der Waals surface area (Å²) in [5.41, 5.74) is 0.742. The highest BCUT2D eigenvalue weighted by Crippen LogP contribution is 2.22. The van der Waals surface area contributed by atoms with Crippen LogP contribution in [0.3, 0.4) is 0 Å². The summed E-state index contributed by atoms with van der Waals surface area (Å²) in [5.74, 6) is 1.54. The van der Waals surface area contributed by atoms with Crippen molar-refractivity contribution in [2.75, 3.05) is 6.61 Å². The van der Waals surface area contributed by atoms with E-state index in [1.165, 1.54) is 10.9 Å². The number of carboxylic acids is 1. The number of hydrogen-bond donors (Lipinski definition) is 1. The molecule has 0 atom stereocenters. The second-order valence-electron chi connectivity index (χ2n) is 3.72. The van der Waals surface area contributed by atoms with Crippen molar-refractivity contribution >= 4 is 5.97 Å². The Balaban J connectivity index is 2.38. The van der Waals surface area contributed by atoms with E-state index in [2.05, 4.69) is 11.0 Å². The number of hydrogen-bond acceptors (Lipinski definition) is 3. The van der Waals surface area contributed by atoms with Crippen LogP contribution in [0.25, 0.3) is 5.69 Å². The number of carbonyl (C=O) groups is 1. The fourth-order valence-electron chi connectivity index (χ4n) is 1.58. The zero-order chi connectivity index (χ0) is 13.7. The Morgan fingerprint density at radius 2 is 2.16 bits per heavy atom. The SMILES string of the molecule is C#CCCOc1c(C(=O)O)cnn1-c1ccccc1. The lowest BCUT2D eigenvalue weighted by Gasteiger charge is -2.09. The van der Waals surface area contributed by atoms with E-state index in [-0.39, 0.29) is 18.1 Å². The van der Waals surface area contributed by atoms with Crippen LogP contribution in [0.2, 0.25) is 0 Å². The molecule has 0 fully saturated rings. The van der Waals surface area contributed by atoms with E-state index in [1.54, 1.807) is 0 Å². The second-order valence-corrected chi connectivity index (χ2v) is 3.72. The van der Waals surface area contributed by atoms with Crippen molar-refractivity contribution in [3.63, 3.8) is 0 Å². The molecule has 5 heteroatoms. The van der Waals surface area contributed by atoms with Gasteiger partial charge in [0.25, 0.3) is 0 Å². The van der Waals surface area contributed by atoms with Gasteiger partial charge in [-0.15, -0.1) is 12.3 Å². The normalized spacial score (nSPS) is 9.84. The summed E-state index contributed by atoms with van der Waals surface area (Å²) in [7, 11) is 0. The first kappa shape index (κ1) is 12.7. The highest BCUT2D eigenvalue weighted by molar-refractivity contribution is 5.90. The van der Waals surface area contributed by atoms with Crippen molar-refractivity contribution in [1.82, 2.24) is 9.78 Å². The first-order valence-corrected chi connectivity index (χ1v) is 5.67. The maximum Gasteiger partial charge on any atom is 0.342 e. The maximum absolute atomic E-state index is 11.1. The molecule has 0 aliphatic carbocycles. The van der Waals surface area contributed by atoms with Gasteiger partial charge < -0.3 is 9.84 Å². The van der Waals surface area contributed by atoms with Crippen LogP contribution in [-0.4, -0.2) is 27.5 Å². The molecular formula is C14H12N2O3. The van der Waals surface area contributed by atoms with Crippen molar-refractivity contribution in [2.24, 2.45) is 0 Å². The van der Waals surface area contributed by atoms with Crippen LogP contribution in [0.5, 0.6) is 5.88 Å². The molecule has 0 saturated carbocycles. The zero-order valence-electron chi connectivity index (χ0n) is 10.1. The number of para-hydroxylation sites is 1. The number of ether oxygens (including phenoxy) is 1. The number of rotatable bonds is 5. The Morgan fingerprint density at radius 3 is 2.79 bits per heavy atom. The fourth-order valence-corrected chi connectivity index (χ4v) is 1.58. The molecule has 0 bridgehead atoms. The van der Waals surface area contributed by atoms with Crippen LogP contribution in [0.1, 0.15) is 16.8 Å². The van der Waals surface area contributed by atoms with Gasteiger partial charge in [-0.25, -0.2) is 9.48 Å². The number of terminal acetylenes is 1. The highest BCUT2D eigenvalue weighted by atomic mass is 16.5. The van der Waals surface area contributed by atoms with Crippen LogP contribution >= 0.6 is 0 Å². The molecule has 1 N–H and O–H groups in total. The van der Waals surface area contributed by atoms with Gasteiger partial charge in [0, 0.05) is 6.42 Å². The topological polar surface area (TPSA) is 64.3 Å². The molecule has 0 radical (unpaired) electrons. The average molecular weight is 256 g/mol. The van der Waals surface area contributed by atoms with E-state index in [9.17, 15) is 4.79 Å². The molecule has 96 valence electrons. The van der Waals surface area contributed by atoms with E-state index < -0.39 is 5.97 Å². The van der Waals surface area contributed by atoms with Crippen molar-refractivity contribution in [3.8, 4) is 23.9 Å². The summed E-state index contributed by atoms with van der Waals surface area (Å²) in [6.07, 6.45) is 6.81. The van der Waals surface area contributed by atoms with Gasteiger partial charge >= 0.3 is 5.97 Å². The molecule has 1 heterocycles. The summed E-state index contributed by atoms with van der Waals surface area (Å²) in [6, 6.07) is 9.16. The first-order chi connectivity index (χ1) is 9.24. The Hall–Kier alpha value is -2.74. The Kier molecular flexibility index (Phi) is 3.84. The molecule has 5 nitrogen and oxygen atoms in total. The molecule has 1 aromatic heterocycles. The number of carboxylic acid groups (broad SMARTS) is 1. The lowest BCUT2D eigenvalue weighted by atomic mass is 10.3. The predicted octanol–water partition coefficient (Wildman–Crippen LogP) is 1.97. The van der Waals surface area contributed by atoms with Crippen molar-refractivity contribution in [2.45, 2.75) is 6.42 Å². The lowest BCUT2D eigenvalue weighted by Crippen LogP contribution is -2.07. The first-order valence-electron chi connectivity index (χ1n) is 5.67. The van der Waals surface area contributed by atoms with Crippen LogP contribution in [-0.2, 0) is 0 Å². The van der Waals surface area contributed by atoms with E-state index in [0.29, 0.717) is 6.42 Å². The molecule has 2 aromatic rings. The van der Waals surface area contributed by atoms with Gasteiger partial charge in [0.2, 0.25) is 5.88 Å². The van der Waals surface area contributed by atoms with Crippen molar-refractivity contribution < 1.29 is 14.6 Å². The largest absolute Gasteiger partial charge is 0.477 e. The van der Waals surface area contributed by atoms with Gasteiger partial charge in [-0.1, -0.05) is 18.2 Å². The van der Waals surface area contributed by atoms with Gasteiger partial charge in [0.05, 0.1) is 11.9 Å². The Bertz CT molecular complexity index is 611. The summed E-state index contributed by atoms with van der Waals surface area (Å²) < 4.78 is 6.89. The van der Waals surface area contributed by atoms with Crippen LogP contribution < -0.4 is 4.74 Å². The van der Waals surface area contributed by atoms with Crippen LogP contribution in [0.4, 0.5) is 0 Å². The monoisotopic (exact) mass is 256 g/mol. The van der Waals surface area contributed by atoms with Crippen LogP contribution in [0, 0.1) is 12.3 Å². The summed E-state index contributed by atoms with van der Waals surface area (Å²) >= 11 is 0. The molecule has 2 rings (SSSR count). The smallest absolute Gasteiger partial charge is 0.342 e. The molecule has 0 saturated heterocycles. The molecule has 0 unspecified atom stereocenters. The van der Waals surface area contributed by atoms with Gasteiger partial charge in [-0.05, 0) is 12.1 Å². The third-order valence-electron chi connectivity index (χ3n) is 2.44. The number of nitrogens with zero attached hydrogens (tertiary/aromatic N) is 2. The Labute approximate surface area is 110 Å². The standard InChI is InChI=1S/C14H12N2O3/c1-2-3-9-19-13-12(14(17)18)10-15-16(13)11-7-5-4-6-8-11/h1,4-8,10H,3,9H2,(H,17,18). The number of aromatic nitrogens is 2. The molecule has 0 aliphatic heterocycles. The third-order valence-corrected chi connectivity index (χ3v) is 2.44. The minimum Gasteiger partial charge on any atom is -0.477 e. The fraction of sp³-hybridized carbons (Fsp3) is 0.143. The zero-order valence-corrected chi connectivity index (χ0v) is 10.1. The van der Waals surface area contributed by atoms with Gasteiger partial charge in [0.1, 0.15) is 12.2 Å². The summed E-state index contributed by atoms with van der Waals surface area (Å²) in [6.45, 7) is 0.245. The van der Waals surface area contributed by atoms with Gasteiger partial charge in [0.15, 0.2) is 0 Å². The molecule has 1 aromatic carbocycles. The van der Waals surface area contributed by atoms with E-state index in [4.69, 9.17) is 16.3 Å². The lowest BCUT2D eigenvalue weighted by molar-refractivity contribution is 0.0692. The quantitative estimate of drug-likeness (QED) is 0.656. The van der Waals surface area contributed by atoms with Gasteiger partial charge in [-0.2, -0.15) is 5.10 Å². The molecule has 0 amide bonds. The summed E-state index contributed by atoms with van der Waals surface area (Å²) in [5, 5.41) is 13.2. The molecular weight excluding hydrogens is 244 g/mol. The maximum atomic E-state index is 11.1. The van der Waals surface area contributed by atoms with Gasteiger partial charge in [-0.3, -0.25) is 0 Å². The molecule has 0 spiro atoms.